The zero-order valence-corrected chi connectivity index (χ0v) is 18.5. The van der Waals surface area contributed by atoms with E-state index in [1.807, 2.05) is 24.1 Å². The summed E-state index contributed by atoms with van der Waals surface area (Å²) < 4.78 is 32.5. The zero-order chi connectivity index (χ0) is 21.5. The Labute approximate surface area is 177 Å². The van der Waals surface area contributed by atoms with Gasteiger partial charge in [0.05, 0.1) is 0 Å². The van der Waals surface area contributed by atoms with Crippen LogP contribution in [0, 0.1) is 19.8 Å². The summed E-state index contributed by atoms with van der Waals surface area (Å²) in [5.41, 5.74) is 2.68. The van der Waals surface area contributed by atoms with E-state index in [9.17, 15) is 13.2 Å². The first kappa shape index (κ1) is 20.9. The molecule has 0 atom stereocenters. The number of para-hydroxylation sites is 1. The maximum atomic E-state index is 13.2. The van der Waals surface area contributed by atoms with Crippen molar-refractivity contribution < 1.29 is 17.7 Å². The van der Waals surface area contributed by atoms with Crippen molar-refractivity contribution in [1.82, 2.24) is 14.4 Å². The van der Waals surface area contributed by atoms with E-state index in [-0.39, 0.29) is 16.7 Å². The van der Waals surface area contributed by atoms with Crippen LogP contribution in [-0.4, -0.2) is 61.9 Å². The molecule has 9 heteroatoms. The largest absolute Gasteiger partial charge is 0.373 e. The van der Waals surface area contributed by atoms with Gasteiger partial charge in [0.25, 0.3) is 0 Å². The fraction of sp³-hybridized carbons (Fsp3) is 0.524. The normalized spacial score (nSPS) is 18.9. The first-order valence-electron chi connectivity index (χ1n) is 10.3. The summed E-state index contributed by atoms with van der Waals surface area (Å²) in [6.07, 6.45) is 1.05. The van der Waals surface area contributed by atoms with E-state index in [1.54, 1.807) is 13.8 Å². The Morgan fingerprint density at radius 3 is 2.47 bits per heavy atom. The van der Waals surface area contributed by atoms with Crippen LogP contribution in [-0.2, 0) is 21.4 Å². The molecular formula is C21H28N4O4S. The lowest BCUT2D eigenvalue weighted by atomic mass is 9.96. The van der Waals surface area contributed by atoms with Crippen molar-refractivity contribution in [2.24, 2.45) is 5.92 Å². The van der Waals surface area contributed by atoms with Gasteiger partial charge >= 0.3 is 0 Å². The lowest BCUT2D eigenvalue weighted by molar-refractivity contribution is -0.137. The SMILES string of the molecule is Cc1noc(C)c1S(=O)(=O)N1CCC(C(=O)N2CCN(C)c3ccccc3C2)CC1. The molecule has 0 saturated carbocycles. The second-order valence-corrected chi connectivity index (χ2v) is 10.0. The zero-order valence-electron chi connectivity index (χ0n) is 17.7. The van der Waals surface area contributed by atoms with Gasteiger partial charge in [0.1, 0.15) is 10.6 Å². The lowest BCUT2D eigenvalue weighted by Crippen LogP contribution is -2.45. The average molecular weight is 433 g/mol. The number of likely N-dealkylation sites (N-methyl/N-ethyl adjacent to an activating group) is 1. The van der Waals surface area contributed by atoms with E-state index in [0.29, 0.717) is 50.5 Å². The molecule has 162 valence electrons. The van der Waals surface area contributed by atoms with E-state index in [2.05, 4.69) is 22.2 Å². The third-order valence-electron chi connectivity index (χ3n) is 6.15. The van der Waals surface area contributed by atoms with Crippen LogP contribution in [0.4, 0.5) is 5.69 Å². The molecule has 0 unspecified atom stereocenters. The number of carbonyl (C=O) groups is 1. The highest BCUT2D eigenvalue weighted by atomic mass is 32.2. The van der Waals surface area contributed by atoms with Crippen LogP contribution in [0.2, 0.25) is 0 Å². The molecule has 2 aromatic rings. The number of fused-ring (bicyclic) bond motifs is 1. The third-order valence-corrected chi connectivity index (χ3v) is 8.29. The number of aryl methyl sites for hydroxylation is 2. The van der Waals surface area contributed by atoms with Crippen molar-refractivity contribution in [3.63, 3.8) is 0 Å². The summed E-state index contributed by atoms with van der Waals surface area (Å²) in [6.45, 7) is 5.94. The third kappa shape index (κ3) is 3.72. The van der Waals surface area contributed by atoms with Crippen LogP contribution in [0.1, 0.15) is 29.9 Å². The molecule has 1 saturated heterocycles. The number of hydrogen-bond donors (Lipinski definition) is 0. The van der Waals surface area contributed by atoms with Crippen molar-refractivity contribution in [2.75, 3.05) is 38.1 Å². The molecule has 1 aromatic carbocycles. The van der Waals surface area contributed by atoms with Crippen molar-refractivity contribution in [1.29, 1.82) is 0 Å². The minimum Gasteiger partial charge on any atom is -0.373 e. The Morgan fingerprint density at radius 2 is 1.80 bits per heavy atom. The van der Waals surface area contributed by atoms with Gasteiger partial charge in [-0.1, -0.05) is 23.4 Å². The van der Waals surface area contributed by atoms with Crippen molar-refractivity contribution in [2.45, 2.75) is 38.1 Å². The molecule has 1 aromatic heterocycles. The van der Waals surface area contributed by atoms with E-state index >= 15 is 0 Å². The first-order chi connectivity index (χ1) is 14.3. The van der Waals surface area contributed by atoms with Crippen LogP contribution in [0.5, 0.6) is 0 Å². The predicted octanol–water partition coefficient (Wildman–Crippen LogP) is 2.17. The molecule has 2 aliphatic heterocycles. The molecule has 1 amide bonds. The van der Waals surface area contributed by atoms with Gasteiger partial charge in [-0.15, -0.1) is 0 Å². The molecule has 1 fully saturated rings. The van der Waals surface area contributed by atoms with Gasteiger partial charge in [-0.05, 0) is 38.3 Å². The molecule has 30 heavy (non-hydrogen) atoms. The second-order valence-electron chi connectivity index (χ2n) is 8.14. The van der Waals surface area contributed by atoms with E-state index in [4.69, 9.17) is 4.52 Å². The smallest absolute Gasteiger partial charge is 0.248 e. The number of carbonyl (C=O) groups excluding carboxylic acids is 1. The van der Waals surface area contributed by atoms with E-state index in [1.165, 1.54) is 4.31 Å². The number of aromatic nitrogens is 1. The molecule has 0 aliphatic carbocycles. The standard InChI is InChI=1S/C21H28N4O4S/c1-15-20(16(2)29-22-15)30(27,28)25-10-8-17(9-11-25)21(26)24-13-12-23(3)19-7-5-4-6-18(19)14-24/h4-7,17H,8-14H2,1-3H3. The maximum absolute atomic E-state index is 13.2. The Bertz CT molecular complexity index is 1020. The number of benzene rings is 1. The van der Waals surface area contributed by atoms with Gasteiger partial charge in [0.2, 0.25) is 15.9 Å². The van der Waals surface area contributed by atoms with Crippen molar-refractivity contribution >= 4 is 21.6 Å². The highest BCUT2D eigenvalue weighted by Gasteiger charge is 2.37. The number of anilines is 1. The fourth-order valence-corrected chi connectivity index (χ4v) is 6.22. The van der Waals surface area contributed by atoms with Gasteiger partial charge in [-0.2, -0.15) is 4.31 Å². The molecule has 8 nitrogen and oxygen atoms in total. The Morgan fingerprint density at radius 1 is 1.10 bits per heavy atom. The number of amides is 1. The molecular weight excluding hydrogens is 404 g/mol. The minimum atomic E-state index is -3.66. The highest BCUT2D eigenvalue weighted by Crippen LogP contribution is 2.30. The highest BCUT2D eigenvalue weighted by molar-refractivity contribution is 7.89. The van der Waals surface area contributed by atoms with Crippen LogP contribution in [0.15, 0.2) is 33.7 Å². The summed E-state index contributed by atoms with van der Waals surface area (Å²) in [4.78, 5) is 17.5. The first-order valence-corrected chi connectivity index (χ1v) is 11.7. The molecule has 2 aliphatic rings. The van der Waals surface area contributed by atoms with E-state index in [0.717, 1.165) is 17.8 Å². The summed E-state index contributed by atoms with van der Waals surface area (Å²) in [5, 5.41) is 3.77. The van der Waals surface area contributed by atoms with Gasteiger partial charge in [0.15, 0.2) is 5.76 Å². The second kappa shape index (κ2) is 8.03. The average Bonchev–Trinajstić information content (AvgIpc) is 2.99. The lowest BCUT2D eigenvalue weighted by Gasteiger charge is -2.33. The van der Waals surface area contributed by atoms with Crippen LogP contribution in [0.3, 0.4) is 0 Å². The Balaban J connectivity index is 1.44. The number of rotatable bonds is 3. The van der Waals surface area contributed by atoms with E-state index < -0.39 is 10.0 Å². The molecule has 0 radical (unpaired) electrons. The van der Waals surface area contributed by atoms with Crippen LogP contribution >= 0.6 is 0 Å². The monoisotopic (exact) mass is 432 g/mol. The number of piperidine rings is 1. The molecule has 3 heterocycles. The van der Waals surface area contributed by atoms with Gasteiger partial charge in [-0.25, -0.2) is 8.42 Å². The molecule has 0 N–H and O–H groups in total. The fourth-order valence-electron chi connectivity index (χ4n) is 4.45. The topological polar surface area (TPSA) is 87.0 Å². The summed E-state index contributed by atoms with van der Waals surface area (Å²) >= 11 is 0. The van der Waals surface area contributed by atoms with Gasteiger partial charge < -0.3 is 14.3 Å². The molecule has 0 bridgehead atoms. The van der Waals surface area contributed by atoms with Crippen molar-refractivity contribution in [3.8, 4) is 0 Å². The number of sulfonamides is 1. The van der Waals surface area contributed by atoms with Crippen LogP contribution in [0.25, 0.3) is 0 Å². The Kier molecular flexibility index (Phi) is 5.59. The Hall–Kier alpha value is -2.39. The van der Waals surface area contributed by atoms with Gasteiger partial charge in [-0.3, -0.25) is 4.79 Å². The van der Waals surface area contributed by atoms with Crippen LogP contribution < -0.4 is 4.90 Å². The van der Waals surface area contributed by atoms with Crippen molar-refractivity contribution in [3.05, 3.63) is 41.3 Å². The summed E-state index contributed by atoms with van der Waals surface area (Å²) in [7, 11) is -1.62. The summed E-state index contributed by atoms with van der Waals surface area (Å²) in [5.74, 6) is 0.268. The quantitative estimate of drug-likeness (QED) is 0.739. The predicted molar refractivity (Wildman–Crippen MR) is 113 cm³/mol. The van der Waals surface area contributed by atoms with Gasteiger partial charge in [0, 0.05) is 51.4 Å². The molecule has 4 rings (SSSR count). The molecule has 0 spiro atoms. The number of nitrogens with zero attached hydrogens (tertiary/aromatic N) is 4. The minimum absolute atomic E-state index is 0.120. The number of hydrogen-bond acceptors (Lipinski definition) is 6. The summed E-state index contributed by atoms with van der Waals surface area (Å²) in [6, 6.07) is 8.16. The maximum Gasteiger partial charge on any atom is 0.248 e.